The van der Waals surface area contributed by atoms with Crippen molar-refractivity contribution < 1.29 is 37.1 Å². The number of hydrazine groups is 1. The number of aromatic nitrogens is 1. The van der Waals surface area contributed by atoms with E-state index in [4.69, 9.17) is 10.5 Å². The number of primary amides is 1. The van der Waals surface area contributed by atoms with Crippen LogP contribution in [-0.2, 0) is 25.5 Å². The van der Waals surface area contributed by atoms with E-state index in [2.05, 4.69) is 10.4 Å². The van der Waals surface area contributed by atoms with Gasteiger partial charge in [0.15, 0.2) is 0 Å². The highest BCUT2D eigenvalue weighted by Gasteiger charge is 2.31. The van der Waals surface area contributed by atoms with E-state index in [-0.39, 0.29) is 37.3 Å². The fourth-order valence-electron chi connectivity index (χ4n) is 3.79. The topological polar surface area (TPSA) is 135 Å². The maximum atomic E-state index is 13.3. The number of carbonyl (C=O) groups excluding carboxylic acids is 4. The molecule has 1 unspecified atom stereocenters. The number of halogens is 3. The largest absolute Gasteiger partial charge is 0.463 e. The number of hydrogen-bond donors (Lipinski definition) is 3. The third kappa shape index (κ3) is 11.0. The zero-order chi connectivity index (χ0) is 29.0. The lowest BCUT2D eigenvalue weighted by Gasteiger charge is -2.30. The summed E-state index contributed by atoms with van der Waals surface area (Å²) >= 11 is 0. The first-order chi connectivity index (χ1) is 18.4. The quantitative estimate of drug-likeness (QED) is 0.197. The molecule has 2 atom stereocenters. The molecule has 0 radical (unpaired) electrons. The highest BCUT2D eigenvalue weighted by Crippen LogP contribution is 2.30. The van der Waals surface area contributed by atoms with Crippen LogP contribution < -0.4 is 11.2 Å². The Labute approximate surface area is 224 Å². The molecule has 0 saturated carbocycles. The van der Waals surface area contributed by atoms with E-state index in [1.165, 1.54) is 25.1 Å². The van der Waals surface area contributed by atoms with Gasteiger partial charge in [0.25, 0.3) is 5.91 Å². The van der Waals surface area contributed by atoms with Gasteiger partial charge < -0.3 is 15.5 Å². The second-order valence-electron chi connectivity index (χ2n) is 8.92. The highest BCUT2D eigenvalue weighted by molar-refractivity contribution is 5.94. The number of aryl methyl sites for hydroxylation is 1. The maximum absolute atomic E-state index is 13.3. The fourth-order valence-corrected chi connectivity index (χ4v) is 3.79. The van der Waals surface area contributed by atoms with Gasteiger partial charge in [-0.3, -0.25) is 19.8 Å². The standard InChI is InChI=1S/C27H33F3N4O5/c1-3-39-25(37)16-11-20(10-14-23(31)35)34(24(36)15-9-19-7-5-4-6-8-19)33-26(38)22-13-12-21(32-22)18(2)17-27(28,29)30/h4-8,11-13,16,18,20,32H,3,9-10,14-15,17H2,1-2H3,(H2,31,35)(H,33,38)/t18?,20-/m0/s1. The number of nitrogens with two attached hydrogens (primary N) is 1. The fraction of sp³-hybridized carbons (Fsp3) is 0.407. The molecule has 3 amide bonds. The Morgan fingerprint density at radius 1 is 1.10 bits per heavy atom. The minimum absolute atomic E-state index is 0.0127. The van der Waals surface area contributed by atoms with E-state index < -0.39 is 48.2 Å². The van der Waals surface area contributed by atoms with Crippen LogP contribution in [0.15, 0.2) is 54.6 Å². The van der Waals surface area contributed by atoms with Gasteiger partial charge in [-0.05, 0) is 37.5 Å². The predicted molar refractivity (Wildman–Crippen MR) is 137 cm³/mol. The van der Waals surface area contributed by atoms with Crippen LogP contribution in [0.4, 0.5) is 13.2 Å². The van der Waals surface area contributed by atoms with Gasteiger partial charge in [-0.1, -0.05) is 43.3 Å². The minimum Gasteiger partial charge on any atom is -0.463 e. The molecule has 0 bridgehead atoms. The van der Waals surface area contributed by atoms with Crippen molar-refractivity contribution in [2.24, 2.45) is 5.73 Å². The Morgan fingerprint density at radius 2 is 1.79 bits per heavy atom. The molecule has 0 aliphatic heterocycles. The van der Waals surface area contributed by atoms with Gasteiger partial charge in [-0.2, -0.15) is 13.2 Å². The second kappa shape index (κ2) is 14.7. The molecule has 9 nitrogen and oxygen atoms in total. The van der Waals surface area contributed by atoms with Crippen molar-refractivity contribution in [3.8, 4) is 0 Å². The molecule has 2 aromatic rings. The molecular formula is C27H33F3N4O5. The van der Waals surface area contributed by atoms with Gasteiger partial charge in [0.2, 0.25) is 11.8 Å². The molecule has 1 heterocycles. The Morgan fingerprint density at radius 3 is 2.41 bits per heavy atom. The maximum Gasteiger partial charge on any atom is 0.389 e. The Balaban J connectivity index is 2.31. The normalized spacial score (nSPS) is 13.1. The van der Waals surface area contributed by atoms with Gasteiger partial charge in [0, 0.05) is 30.5 Å². The van der Waals surface area contributed by atoms with Crippen molar-refractivity contribution in [2.75, 3.05) is 6.61 Å². The van der Waals surface area contributed by atoms with Gasteiger partial charge in [-0.15, -0.1) is 0 Å². The zero-order valence-electron chi connectivity index (χ0n) is 21.8. The SMILES string of the molecule is CCOC(=O)C=C[C@H](CCC(N)=O)N(NC(=O)c1ccc(C(C)CC(F)(F)F)[nH]1)C(=O)CCc1ccccc1. The van der Waals surface area contributed by atoms with Crippen molar-refractivity contribution in [2.45, 2.75) is 64.1 Å². The minimum atomic E-state index is -4.38. The summed E-state index contributed by atoms with van der Waals surface area (Å²) in [5.74, 6) is -3.57. The third-order valence-corrected chi connectivity index (χ3v) is 5.74. The average Bonchev–Trinajstić information content (AvgIpc) is 3.37. The van der Waals surface area contributed by atoms with Gasteiger partial charge >= 0.3 is 12.1 Å². The van der Waals surface area contributed by atoms with Crippen LogP contribution in [0.1, 0.15) is 67.2 Å². The summed E-state index contributed by atoms with van der Waals surface area (Å²) in [5.41, 5.74) is 8.79. The van der Waals surface area contributed by atoms with Crippen molar-refractivity contribution >= 4 is 23.7 Å². The van der Waals surface area contributed by atoms with Crippen molar-refractivity contribution in [3.63, 3.8) is 0 Å². The Hall–Kier alpha value is -4.09. The number of nitrogens with one attached hydrogen (secondary N) is 2. The number of hydrogen-bond acceptors (Lipinski definition) is 5. The monoisotopic (exact) mass is 550 g/mol. The van der Waals surface area contributed by atoms with Crippen LogP contribution in [0.3, 0.4) is 0 Å². The summed E-state index contributed by atoms with van der Waals surface area (Å²) in [5, 5.41) is 1.00. The molecule has 0 aliphatic rings. The number of esters is 1. The molecular weight excluding hydrogens is 517 g/mol. The van der Waals surface area contributed by atoms with E-state index in [1.54, 1.807) is 6.92 Å². The van der Waals surface area contributed by atoms with Crippen LogP contribution in [0, 0.1) is 0 Å². The van der Waals surface area contributed by atoms with E-state index in [1.807, 2.05) is 30.3 Å². The average molecular weight is 551 g/mol. The first kappa shape index (κ1) is 31.1. The molecule has 2 rings (SSSR count). The summed E-state index contributed by atoms with van der Waals surface area (Å²) in [7, 11) is 0. The van der Waals surface area contributed by atoms with E-state index in [0.717, 1.165) is 16.6 Å². The number of amides is 3. The van der Waals surface area contributed by atoms with Crippen LogP contribution in [0.5, 0.6) is 0 Å². The van der Waals surface area contributed by atoms with Gasteiger partial charge in [0.05, 0.1) is 19.1 Å². The molecule has 212 valence electrons. The molecule has 0 spiro atoms. The van der Waals surface area contributed by atoms with Gasteiger partial charge in [-0.25, -0.2) is 9.80 Å². The lowest BCUT2D eigenvalue weighted by molar-refractivity contribution is -0.138. The highest BCUT2D eigenvalue weighted by atomic mass is 19.4. The number of benzene rings is 1. The number of carbonyl (C=O) groups is 4. The lowest BCUT2D eigenvalue weighted by atomic mass is 10.0. The van der Waals surface area contributed by atoms with Crippen LogP contribution in [-0.4, -0.2) is 52.5 Å². The Bertz CT molecular complexity index is 1150. The smallest absolute Gasteiger partial charge is 0.389 e. The molecule has 0 aliphatic carbocycles. The molecule has 12 heteroatoms. The molecule has 39 heavy (non-hydrogen) atoms. The molecule has 0 fully saturated rings. The summed E-state index contributed by atoms with van der Waals surface area (Å²) in [6.45, 7) is 3.12. The summed E-state index contributed by atoms with van der Waals surface area (Å²) in [6.07, 6.45) is -2.89. The number of rotatable bonds is 13. The Kier molecular flexibility index (Phi) is 11.8. The first-order valence-corrected chi connectivity index (χ1v) is 12.5. The van der Waals surface area contributed by atoms with E-state index in [9.17, 15) is 32.3 Å². The van der Waals surface area contributed by atoms with Crippen molar-refractivity contribution in [1.82, 2.24) is 15.4 Å². The van der Waals surface area contributed by atoms with Crippen LogP contribution >= 0.6 is 0 Å². The molecule has 1 aromatic carbocycles. The summed E-state index contributed by atoms with van der Waals surface area (Å²) < 4.78 is 43.3. The van der Waals surface area contributed by atoms with Crippen LogP contribution in [0.2, 0.25) is 0 Å². The van der Waals surface area contributed by atoms with Crippen molar-refractivity contribution in [3.05, 3.63) is 71.6 Å². The first-order valence-electron chi connectivity index (χ1n) is 12.5. The predicted octanol–water partition coefficient (Wildman–Crippen LogP) is 3.93. The van der Waals surface area contributed by atoms with E-state index in [0.29, 0.717) is 6.42 Å². The third-order valence-electron chi connectivity index (χ3n) is 5.74. The van der Waals surface area contributed by atoms with Gasteiger partial charge in [0.1, 0.15) is 5.69 Å². The number of alkyl halides is 3. The van der Waals surface area contributed by atoms with Crippen LogP contribution in [0.25, 0.3) is 0 Å². The zero-order valence-corrected chi connectivity index (χ0v) is 21.8. The number of ether oxygens (including phenoxy) is 1. The van der Waals surface area contributed by atoms with Crippen molar-refractivity contribution in [1.29, 1.82) is 0 Å². The number of aromatic amines is 1. The summed E-state index contributed by atoms with van der Waals surface area (Å²) in [6, 6.07) is 10.9. The molecule has 1 aromatic heterocycles. The second-order valence-corrected chi connectivity index (χ2v) is 8.92. The van der Waals surface area contributed by atoms with E-state index >= 15 is 0 Å². The number of H-pyrrole nitrogens is 1. The molecule has 0 saturated heterocycles. The summed E-state index contributed by atoms with van der Waals surface area (Å²) in [4.78, 5) is 52.5. The lowest BCUT2D eigenvalue weighted by Crippen LogP contribution is -2.51. The molecule has 4 N–H and O–H groups in total. The number of nitrogens with zero attached hydrogens (tertiary/aromatic N) is 1.